The third-order valence-electron chi connectivity index (χ3n) is 3.65. The quantitative estimate of drug-likeness (QED) is 0.723. The maximum atomic E-state index is 12.9. The zero-order valence-corrected chi connectivity index (χ0v) is 15.6. The minimum atomic E-state index is -0.350. The summed E-state index contributed by atoms with van der Waals surface area (Å²) >= 11 is 1.28. The lowest BCUT2D eigenvalue weighted by molar-refractivity contribution is -0.129. The summed E-state index contributed by atoms with van der Waals surface area (Å²) in [5.41, 5.74) is 1.63. The van der Waals surface area contributed by atoms with Crippen LogP contribution in [-0.2, 0) is 16.1 Å². The normalized spacial score (nSPS) is 10.4. The summed E-state index contributed by atoms with van der Waals surface area (Å²) in [7, 11) is 0. The van der Waals surface area contributed by atoms with E-state index in [1.54, 1.807) is 0 Å². The Morgan fingerprint density at radius 3 is 2.38 bits per heavy atom. The lowest BCUT2D eigenvalue weighted by atomic mass is 10.2. The number of carbonyl (C=O) groups is 2. The van der Waals surface area contributed by atoms with Gasteiger partial charge in [-0.05, 0) is 36.2 Å². The number of amides is 2. The van der Waals surface area contributed by atoms with Gasteiger partial charge in [0, 0.05) is 18.8 Å². The second-order valence-corrected chi connectivity index (χ2v) is 6.83. The number of thioether (sulfide) groups is 1. The summed E-state index contributed by atoms with van der Waals surface area (Å²) < 4.78 is 12.9. The largest absolute Gasteiger partial charge is 0.338 e. The van der Waals surface area contributed by atoms with Crippen LogP contribution in [-0.4, -0.2) is 34.8 Å². The number of halogens is 1. The maximum absolute atomic E-state index is 12.9. The lowest BCUT2D eigenvalue weighted by Crippen LogP contribution is -2.33. The highest BCUT2D eigenvalue weighted by Crippen LogP contribution is 2.11. The van der Waals surface area contributed by atoms with Crippen molar-refractivity contribution in [2.24, 2.45) is 0 Å². The van der Waals surface area contributed by atoms with E-state index in [0.717, 1.165) is 12.0 Å². The molecule has 0 heterocycles. The highest BCUT2D eigenvalue weighted by atomic mass is 32.2. The van der Waals surface area contributed by atoms with Crippen LogP contribution in [0.15, 0.2) is 54.6 Å². The number of nitrogens with zero attached hydrogens (tertiary/aromatic N) is 1. The first-order chi connectivity index (χ1) is 12.6. The van der Waals surface area contributed by atoms with Gasteiger partial charge >= 0.3 is 0 Å². The summed E-state index contributed by atoms with van der Waals surface area (Å²) in [6.45, 7) is 3.31. The van der Waals surface area contributed by atoms with Gasteiger partial charge < -0.3 is 10.2 Å². The van der Waals surface area contributed by atoms with Crippen molar-refractivity contribution in [3.63, 3.8) is 0 Å². The average molecular weight is 374 g/mol. The highest BCUT2D eigenvalue weighted by Gasteiger charge is 2.14. The fraction of sp³-hybridized carbons (Fsp3) is 0.300. The SMILES string of the molecule is CCCN(Cc1ccccc1)C(=O)CSCC(=O)Nc1ccc(F)cc1. The number of benzene rings is 2. The summed E-state index contributed by atoms with van der Waals surface area (Å²) in [4.78, 5) is 26.2. The maximum Gasteiger partial charge on any atom is 0.234 e. The number of nitrogens with one attached hydrogen (secondary N) is 1. The molecule has 0 fully saturated rings. The van der Waals surface area contributed by atoms with E-state index < -0.39 is 0 Å². The molecule has 2 rings (SSSR count). The molecule has 0 saturated carbocycles. The first kappa shape index (κ1) is 20.0. The molecule has 1 N–H and O–H groups in total. The standard InChI is InChI=1S/C20H23FN2O2S/c1-2-12-23(13-16-6-4-3-5-7-16)20(25)15-26-14-19(24)22-18-10-8-17(21)9-11-18/h3-11H,2,12-15H2,1H3,(H,22,24). The summed E-state index contributed by atoms with van der Waals surface area (Å²) in [6.07, 6.45) is 0.883. The predicted molar refractivity (Wildman–Crippen MR) is 105 cm³/mol. The van der Waals surface area contributed by atoms with Gasteiger partial charge in [0.15, 0.2) is 0 Å². The number of hydrogen-bond donors (Lipinski definition) is 1. The second-order valence-electron chi connectivity index (χ2n) is 5.85. The molecule has 2 aromatic carbocycles. The van der Waals surface area contributed by atoms with Crippen LogP contribution in [0.25, 0.3) is 0 Å². The molecule has 0 spiro atoms. The minimum absolute atomic E-state index is 0.0234. The average Bonchev–Trinajstić information content (AvgIpc) is 2.64. The van der Waals surface area contributed by atoms with E-state index in [-0.39, 0.29) is 29.1 Å². The Morgan fingerprint density at radius 2 is 1.73 bits per heavy atom. The van der Waals surface area contributed by atoms with E-state index in [2.05, 4.69) is 5.32 Å². The van der Waals surface area contributed by atoms with Crippen molar-refractivity contribution in [3.05, 3.63) is 66.0 Å². The lowest BCUT2D eigenvalue weighted by Gasteiger charge is -2.22. The van der Waals surface area contributed by atoms with Crippen molar-refractivity contribution in [2.45, 2.75) is 19.9 Å². The van der Waals surface area contributed by atoms with Gasteiger partial charge in [0.2, 0.25) is 11.8 Å². The smallest absolute Gasteiger partial charge is 0.234 e. The van der Waals surface area contributed by atoms with Crippen LogP contribution in [0.2, 0.25) is 0 Å². The zero-order valence-electron chi connectivity index (χ0n) is 14.8. The zero-order chi connectivity index (χ0) is 18.8. The van der Waals surface area contributed by atoms with Gasteiger partial charge in [-0.15, -0.1) is 11.8 Å². The molecule has 0 aliphatic carbocycles. The Labute approximate surface area is 157 Å². The van der Waals surface area contributed by atoms with Crippen molar-refractivity contribution >= 4 is 29.3 Å². The third-order valence-corrected chi connectivity index (χ3v) is 4.57. The third kappa shape index (κ3) is 6.88. The second kappa shape index (κ2) is 10.6. The Kier molecular flexibility index (Phi) is 8.15. The van der Waals surface area contributed by atoms with Crippen LogP contribution in [0.3, 0.4) is 0 Å². The van der Waals surface area contributed by atoms with Crippen LogP contribution in [0.1, 0.15) is 18.9 Å². The topological polar surface area (TPSA) is 49.4 Å². The Morgan fingerprint density at radius 1 is 1.04 bits per heavy atom. The molecule has 0 aliphatic heterocycles. The van der Waals surface area contributed by atoms with E-state index >= 15 is 0 Å². The van der Waals surface area contributed by atoms with Crippen molar-refractivity contribution in [3.8, 4) is 0 Å². The molecule has 26 heavy (non-hydrogen) atoms. The molecule has 6 heteroatoms. The number of rotatable bonds is 9. The first-order valence-electron chi connectivity index (χ1n) is 8.53. The highest BCUT2D eigenvalue weighted by molar-refractivity contribution is 8.00. The molecule has 0 aliphatic rings. The fourth-order valence-electron chi connectivity index (χ4n) is 2.42. The van der Waals surface area contributed by atoms with Gasteiger partial charge in [-0.3, -0.25) is 9.59 Å². The van der Waals surface area contributed by atoms with Crippen LogP contribution in [0.4, 0.5) is 10.1 Å². The summed E-state index contributed by atoms with van der Waals surface area (Å²) in [5.74, 6) is -0.106. The fourth-order valence-corrected chi connectivity index (χ4v) is 3.14. The van der Waals surface area contributed by atoms with E-state index in [1.807, 2.05) is 42.2 Å². The number of carbonyl (C=O) groups excluding carboxylic acids is 2. The number of anilines is 1. The van der Waals surface area contributed by atoms with Crippen LogP contribution in [0.5, 0.6) is 0 Å². The van der Waals surface area contributed by atoms with Crippen LogP contribution < -0.4 is 5.32 Å². The Bertz CT molecular complexity index is 708. The molecule has 4 nitrogen and oxygen atoms in total. The molecule has 2 aromatic rings. The predicted octanol–water partition coefficient (Wildman–Crippen LogP) is 3.94. The van der Waals surface area contributed by atoms with E-state index in [9.17, 15) is 14.0 Å². The molecule has 0 aromatic heterocycles. The minimum Gasteiger partial charge on any atom is -0.338 e. The Hall–Kier alpha value is -2.34. The molecule has 138 valence electrons. The van der Waals surface area contributed by atoms with Gasteiger partial charge in [0.05, 0.1) is 11.5 Å². The molecule has 2 amide bonds. The van der Waals surface area contributed by atoms with Crippen LogP contribution >= 0.6 is 11.8 Å². The van der Waals surface area contributed by atoms with Gasteiger partial charge in [-0.2, -0.15) is 0 Å². The molecular weight excluding hydrogens is 351 g/mol. The van der Waals surface area contributed by atoms with Crippen molar-refractivity contribution in [1.29, 1.82) is 0 Å². The van der Waals surface area contributed by atoms with Crippen molar-refractivity contribution < 1.29 is 14.0 Å². The van der Waals surface area contributed by atoms with Crippen molar-refractivity contribution in [1.82, 2.24) is 4.90 Å². The van der Waals surface area contributed by atoms with E-state index in [0.29, 0.717) is 18.8 Å². The summed E-state index contributed by atoms with van der Waals surface area (Å²) in [5, 5.41) is 2.69. The molecule has 0 unspecified atom stereocenters. The monoisotopic (exact) mass is 374 g/mol. The number of hydrogen-bond acceptors (Lipinski definition) is 3. The van der Waals surface area contributed by atoms with Gasteiger partial charge in [0.25, 0.3) is 0 Å². The van der Waals surface area contributed by atoms with E-state index in [1.165, 1.54) is 36.0 Å². The first-order valence-corrected chi connectivity index (χ1v) is 9.69. The molecule has 0 radical (unpaired) electrons. The molecular formula is C20H23FN2O2S. The van der Waals surface area contributed by atoms with Crippen molar-refractivity contribution in [2.75, 3.05) is 23.4 Å². The molecule has 0 saturated heterocycles. The van der Waals surface area contributed by atoms with Crippen LogP contribution in [0, 0.1) is 5.82 Å². The molecule has 0 bridgehead atoms. The Balaban J connectivity index is 1.77. The van der Waals surface area contributed by atoms with Gasteiger partial charge in [-0.25, -0.2) is 4.39 Å². The van der Waals surface area contributed by atoms with Gasteiger partial charge in [-0.1, -0.05) is 37.3 Å². The summed E-state index contributed by atoms with van der Waals surface area (Å²) in [6, 6.07) is 15.5. The van der Waals surface area contributed by atoms with E-state index in [4.69, 9.17) is 0 Å². The van der Waals surface area contributed by atoms with Gasteiger partial charge in [0.1, 0.15) is 5.82 Å². The molecule has 0 atom stereocenters.